The number of non-ortho nitro benzene ring substituents is 1. The van der Waals surface area contributed by atoms with Crippen molar-refractivity contribution in [3.8, 4) is 11.8 Å². The number of nitro groups is 1. The van der Waals surface area contributed by atoms with Gasteiger partial charge in [0.25, 0.3) is 5.69 Å². The number of nitriles is 1. The molecule has 0 bridgehead atoms. The van der Waals surface area contributed by atoms with Crippen LogP contribution in [0.25, 0.3) is 11.6 Å². The van der Waals surface area contributed by atoms with Gasteiger partial charge in [-0.2, -0.15) is 5.26 Å². The van der Waals surface area contributed by atoms with Crippen molar-refractivity contribution in [2.24, 2.45) is 0 Å². The third-order valence-electron chi connectivity index (χ3n) is 4.05. The topological polar surface area (TPSA) is 76.2 Å². The first-order chi connectivity index (χ1) is 14.0. The Labute approximate surface area is 177 Å². The third kappa shape index (κ3) is 5.14. The maximum Gasteiger partial charge on any atom is 0.270 e. The van der Waals surface area contributed by atoms with Crippen LogP contribution in [0.4, 0.5) is 5.69 Å². The maximum atomic E-state index is 11.0. The molecule has 0 spiro atoms. The third-order valence-corrected chi connectivity index (χ3v) is 4.61. The second kappa shape index (κ2) is 9.24. The van der Waals surface area contributed by atoms with Crippen molar-refractivity contribution < 1.29 is 9.66 Å². The van der Waals surface area contributed by atoms with E-state index in [2.05, 4.69) is 6.07 Å². The summed E-state index contributed by atoms with van der Waals surface area (Å²) in [6, 6.07) is 20.8. The summed E-state index contributed by atoms with van der Waals surface area (Å²) in [7, 11) is 0. The van der Waals surface area contributed by atoms with Crippen molar-refractivity contribution in [3.05, 3.63) is 104 Å². The number of allylic oxidation sites excluding steroid dienone is 1. The molecular formula is C22H14Cl2N2O3. The van der Waals surface area contributed by atoms with Crippen LogP contribution < -0.4 is 4.74 Å². The fourth-order valence-corrected chi connectivity index (χ4v) is 3.28. The molecule has 0 aliphatic heterocycles. The van der Waals surface area contributed by atoms with Gasteiger partial charge < -0.3 is 4.74 Å². The molecule has 0 N–H and O–H groups in total. The van der Waals surface area contributed by atoms with Crippen molar-refractivity contribution in [1.29, 1.82) is 5.26 Å². The first-order valence-electron chi connectivity index (χ1n) is 8.50. The molecule has 3 aromatic rings. The standard InChI is InChI=1S/C22H14Cl2N2O3/c23-20-10-16(9-18(13-25)17-7-4-8-19(12-17)26(27)28)11-21(24)22(20)29-14-15-5-2-1-3-6-15/h1-12H,14H2/b18-9-. The van der Waals surface area contributed by atoms with E-state index in [1.54, 1.807) is 24.3 Å². The fraction of sp³-hybridized carbons (Fsp3) is 0.0455. The van der Waals surface area contributed by atoms with Gasteiger partial charge in [0, 0.05) is 12.1 Å². The summed E-state index contributed by atoms with van der Waals surface area (Å²) in [5.41, 5.74) is 2.14. The molecule has 3 aromatic carbocycles. The molecule has 144 valence electrons. The average molecular weight is 425 g/mol. The molecule has 0 aliphatic rings. The van der Waals surface area contributed by atoms with Gasteiger partial charge in [0.2, 0.25) is 0 Å². The monoisotopic (exact) mass is 424 g/mol. The molecule has 0 heterocycles. The summed E-state index contributed by atoms with van der Waals surface area (Å²) in [5.74, 6) is 0.350. The van der Waals surface area contributed by atoms with E-state index >= 15 is 0 Å². The molecule has 0 atom stereocenters. The Bertz CT molecular complexity index is 1100. The second-order valence-electron chi connectivity index (χ2n) is 6.07. The maximum absolute atomic E-state index is 11.0. The van der Waals surface area contributed by atoms with E-state index in [9.17, 15) is 15.4 Å². The number of rotatable bonds is 6. The van der Waals surface area contributed by atoms with Crippen molar-refractivity contribution in [3.63, 3.8) is 0 Å². The lowest BCUT2D eigenvalue weighted by Crippen LogP contribution is -1.96. The highest BCUT2D eigenvalue weighted by atomic mass is 35.5. The average Bonchev–Trinajstić information content (AvgIpc) is 2.72. The van der Waals surface area contributed by atoms with Gasteiger partial charge in [0.15, 0.2) is 5.75 Å². The lowest BCUT2D eigenvalue weighted by Gasteiger charge is -2.11. The van der Waals surface area contributed by atoms with Gasteiger partial charge in [-0.1, -0.05) is 65.7 Å². The van der Waals surface area contributed by atoms with Gasteiger partial charge in [0.1, 0.15) is 6.61 Å². The summed E-state index contributed by atoms with van der Waals surface area (Å²) >= 11 is 12.7. The summed E-state index contributed by atoms with van der Waals surface area (Å²) in [4.78, 5) is 10.5. The second-order valence-corrected chi connectivity index (χ2v) is 6.88. The van der Waals surface area contributed by atoms with Crippen LogP contribution in [-0.4, -0.2) is 4.92 Å². The van der Waals surface area contributed by atoms with E-state index < -0.39 is 4.92 Å². The minimum absolute atomic E-state index is 0.0932. The van der Waals surface area contributed by atoms with Crippen LogP contribution in [0.5, 0.6) is 5.75 Å². The highest BCUT2D eigenvalue weighted by molar-refractivity contribution is 6.37. The van der Waals surface area contributed by atoms with Gasteiger partial charge in [-0.3, -0.25) is 10.1 Å². The van der Waals surface area contributed by atoms with Crippen LogP contribution in [0.1, 0.15) is 16.7 Å². The first kappa shape index (κ1) is 20.4. The number of ether oxygens (including phenoxy) is 1. The quantitative estimate of drug-likeness (QED) is 0.194. The number of benzene rings is 3. The Hall–Kier alpha value is -3.33. The number of hydrogen-bond donors (Lipinski definition) is 0. The van der Waals surface area contributed by atoms with Gasteiger partial charge in [-0.05, 0) is 34.9 Å². The van der Waals surface area contributed by atoms with Crippen molar-refractivity contribution in [2.45, 2.75) is 6.61 Å². The van der Waals surface area contributed by atoms with Gasteiger partial charge >= 0.3 is 0 Å². The van der Waals surface area contributed by atoms with E-state index in [0.29, 0.717) is 33.5 Å². The summed E-state index contributed by atoms with van der Waals surface area (Å²) in [6.07, 6.45) is 1.57. The van der Waals surface area contributed by atoms with Crippen LogP contribution in [-0.2, 0) is 6.61 Å². The SMILES string of the molecule is N#C/C(=C/c1cc(Cl)c(OCc2ccccc2)c(Cl)c1)c1cccc([N+](=O)[O-])c1. The minimum Gasteiger partial charge on any atom is -0.486 e. The van der Waals surface area contributed by atoms with Gasteiger partial charge in [0.05, 0.1) is 26.6 Å². The Kier molecular flexibility index (Phi) is 6.50. The fourth-order valence-electron chi connectivity index (χ4n) is 2.66. The predicted octanol–water partition coefficient (Wildman–Crippen LogP) is 6.54. The van der Waals surface area contributed by atoms with E-state index in [-0.39, 0.29) is 11.3 Å². The van der Waals surface area contributed by atoms with Gasteiger partial charge in [-0.15, -0.1) is 0 Å². The molecule has 0 amide bonds. The Morgan fingerprint density at radius 2 is 1.76 bits per heavy atom. The molecular weight excluding hydrogens is 411 g/mol. The smallest absolute Gasteiger partial charge is 0.270 e. The van der Waals surface area contributed by atoms with E-state index in [0.717, 1.165) is 5.56 Å². The van der Waals surface area contributed by atoms with E-state index in [1.165, 1.54) is 18.2 Å². The molecule has 29 heavy (non-hydrogen) atoms. The first-order valence-corrected chi connectivity index (χ1v) is 9.26. The van der Waals surface area contributed by atoms with E-state index in [1.807, 2.05) is 30.3 Å². The Morgan fingerprint density at radius 3 is 2.38 bits per heavy atom. The van der Waals surface area contributed by atoms with Crippen LogP contribution in [0, 0.1) is 21.4 Å². The lowest BCUT2D eigenvalue weighted by atomic mass is 10.0. The lowest BCUT2D eigenvalue weighted by molar-refractivity contribution is -0.384. The van der Waals surface area contributed by atoms with Crippen LogP contribution in [0.15, 0.2) is 66.7 Å². The number of nitro benzene ring substituents is 1. The number of halogens is 2. The highest BCUT2D eigenvalue weighted by Gasteiger charge is 2.12. The van der Waals surface area contributed by atoms with Crippen LogP contribution in [0.3, 0.4) is 0 Å². The summed E-state index contributed by atoms with van der Waals surface area (Å²) in [5, 5.41) is 21.1. The molecule has 7 heteroatoms. The van der Waals surface area contributed by atoms with Crippen molar-refractivity contribution in [2.75, 3.05) is 0 Å². The summed E-state index contributed by atoms with van der Waals surface area (Å²) in [6.45, 7) is 0.312. The molecule has 0 radical (unpaired) electrons. The molecule has 5 nitrogen and oxygen atoms in total. The number of nitrogens with zero attached hydrogens (tertiary/aromatic N) is 2. The normalized spacial score (nSPS) is 11.0. The molecule has 0 saturated heterocycles. The highest BCUT2D eigenvalue weighted by Crippen LogP contribution is 2.36. The zero-order chi connectivity index (χ0) is 20.8. The van der Waals surface area contributed by atoms with E-state index in [4.69, 9.17) is 27.9 Å². The molecule has 0 aliphatic carbocycles. The summed E-state index contributed by atoms with van der Waals surface area (Å²) < 4.78 is 5.74. The zero-order valence-corrected chi connectivity index (χ0v) is 16.5. The molecule has 0 unspecified atom stereocenters. The minimum atomic E-state index is -0.509. The van der Waals surface area contributed by atoms with Crippen LogP contribution >= 0.6 is 23.2 Å². The Morgan fingerprint density at radius 1 is 1.07 bits per heavy atom. The molecule has 0 saturated carbocycles. The molecule has 0 aromatic heterocycles. The molecule has 3 rings (SSSR count). The van der Waals surface area contributed by atoms with Gasteiger partial charge in [-0.25, -0.2) is 0 Å². The number of hydrogen-bond acceptors (Lipinski definition) is 4. The molecule has 0 fully saturated rings. The van der Waals surface area contributed by atoms with Crippen molar-refractivity contribution >= 4 is 40.5 Å². The zero-order valence-electron chi connectivity index (χ0n) is 15.0. The predicted molar refractivity (Wildman–Crippen MR) is 114 cm³/mol. The largest absolute Gasteiger partial charge is 0.486 e. The van der Waals surface area contributed by atoms with Crippen molar-refractivity contribution in [1.82, 2.24) is 0 Å². The van der Waals surface area contributed by atoms with Crippen LogP contribution in [0.2, 0.25) is 10.0 Å². The Balaban J connectivity index is 1.88.